The molecule has 0 aliphatic rings. The van der Waals surface area contributed by atoms with Crippen LogP contribution in [0.4, 0.5) is 5.69 Å². The zero-order valence-corrected chi connectivity index (χ0v) is 12.3. The van der Waals surface area contributed by atoms with E-state index in [0.29, 0.717) is 22.3 Å². The van der Waals surface area contributed by atoms with Gasteiger partial charge in [-0.3, -0.25) is 14.9 Å². The molecule has 22 heavy (non-hydrogen) atoms. The Kier molecular flexibility index (Phi) is 4.53. The lowest BCUT2D eigenvalue weighted by Gasteiger charge is -2.12. The highest BCUT2D eigenvalue weighted by Crippen LogP contribution is 2.29. The van der Waals surface area contributed by atoms with Gasteiger partial charge in [-0.05, 0) is 34.9 Å². The first-order chi connectivity index (χ1) is 10.4. The molecule has 0 bridgehead atoms. The number of benzene rings is 2. The average Bonchev–Trinajstić information content (AvgIpc) is 2.53. The quantitative estimate of drug-likeness (QED) is 0.694. The molecule has 0 aliphatic heterocycles. The number of carbonyl (C=O) groups is 1. The maximum absolute atomic E-state index is 12.0. The summed E-state index contributed by atoms with van der Waals surface area (Å²) < 4.78 is 0. The molecule has 2 rings (SSSR count). The predicted octanol–water partition coefficient (Wildman–Crippen LogP) is 2.46. The van der Waals surface area contributed by atoms with Gasteiger partial charge in [0.25, 0.3) is 11.6 Å². The Morgan fingerprint density at radius 3 is 2.55 bits per heavy atom. The van der Waals surface area contributed by atoms with Gasteiger partial charge in [-0.2, -0.15) is 0 Å². The second kappa shape index (κ2) is 6.36. The maximum Gasteiger partial charge on any atom is 0.270 e. The number of amides is 1. The number of aliphatic hydroxyl groups is 1. The summed E-state index contributed by atoms with van der Waals surface area (Å²) in [5.74, 6) is -0.155. The second-order valence-electron chi connectivity index (χ2n) is 5.04. The molecular formula is C16H16N2O4. The molecule has 2 aromatic rings. The number of hydrogen-bond acceptors (Lipinski definition) is 4. The first kappa shape index (κ1) is 15.7. The van der Waals surface area contributed by atoms with Gasteiger partial charge in [0.2, 0.25) is 0 Å². The second-order valence-corrected chi connectivity index (χ2v) is 5.04. The van der Waals surface area contributed by atoms with Gasteiger partial charge in [0.1, 0.15) is 0 Å². The normalized spacial score (nSPS) is 10.3. The summed E-state index contributed by atoms with van der Waals surface area (Å²) in [6.45, 7) is -0.237. The summed E-state index contributed by atoms with van der Waals surface area (Å²) in [4.78, 5) is 23.9. The lowest BCUT2D eigenvalue weighted by Crippen LogP contribution is -2.21. The minimum atomic E-state index is -0.487. The van der Waals surface area contributed by atoms with Crippen LogP contribution in [0.5, 0.6) is 0 Å². The highest BCUT2D eigenvalue weighted by molar-refractivity contribution is 5.95. The Bertz CT molecular complexity index is 726. The Morgan fingerprint density at radius 1 is 1.23 bits per heavy atom. The van der Waals surface area contributed by atoms with E-state index >= 15 is 0 Å². The first-order valence-electron chi connectivity index (χ1n) is 6.64. The highest BCUT2D eigenvalue weighted by atomic mass is 16.6. The summed E-state index contributed by atoms with van der Waals surface area (Å²) >= 11 is 0. The van der Waals surface area contributed by atoms with E-state index in [2.05, 4.69) is 0 Å². The molecule has 114 valence electrons. The third kappa shape index (κ3) is 3.12. The number of aliphatic hydroxyl groups excluding tert-OH is 1. The Labute approximate surface area is 127 Å². The SMILES string of the molecule is CN(C)C(=O)c1cccc(-c2cc([N+](=O)[O-])ccc2CO)c1. The average molecular weight is 300 g/mol. The molecule has 6 nitrogen and oxygen atoms in total. The zero-order valence-electron chi connectivity index (χ0n) is 12.3. The fraction of sp³-hybridized carbons (Fsp3) is 0.188. The predicted molar refractivity (Wildman–Crippen MR) is 82.5 cm³/mol. The molecule has 0 aliphatic carbocycles. The molecule has 6 heteroatoms. The van der Waals surface area contributed by atoms with Crippen LogP contribution in [0.2, 0.25) is 0 Å². The van der Waals surface area contributed by atoms with Gasteiger partial charge < -0.3 is 10.0 Å². The van der Waals surface area contributed by atoms with Crippen molar-refractivity contribution in [1.29, 1.82) is 0 Å². The molecule has 0 aromatic heterocycles. The molecule has 0 atom stereocenters. The number of nitrogens with zero attached hydrogens (tertiary/aromatic N) is 2. The van der Waals surface area contributed by atoms with Crippen LogP contribution >= 0.6 is 0 Å². The van der Waals surface area contributed by atoms with Crippen molar-refractivity contribution < 1.29 is 14.8 Å². The van der Waals surface area contributed by atoms with Crippen molar-refractivity contribution in [3.63, 3.8) is 0 Å². The van der Waals surface area contributed by atoms with E-state index in [1.165, 1.54) is 23.1 Å². The van der Waals surface area contributed by atoms with E-state index < -0.39 is 4.92 Å². The Morgan fingerprint density at radius 2 is 1.95 bits per heavy atom. The fourth-order valence-corrected chi connectivity index (χ4v) is 2.16. The minimum absolute atomic E-state index is 0.0588. The van der Waals surface area contributed by atoms with E-state index in [1.54, 1.807) is 38.4 Å². The van der Waals surface area contributed by atoms with E-state index in [0.717, 1.165) is 0 Å². The maximum atomic E-state index is 12.0. The van der Waals surface area contributed by atoms with E-state index in [9.17, 15) is 20.0 Å². The molecule has 2 aromatic carbocycles. The number of carbonyl (C=O) groups excluding carboxylic acids is 1. The van der Waals surface area contributed by atoms with E-state index in [1.807, 2.05) is 0 Å². The van der Waals surface area contributed by atoms with Crippen LogP contribution in [0.1, 0.15) is 15.9 Å². The van der Waals surface area contributed by atoms with Crippen molar-refractivity contribution in [2.75, 3.05) is 14.1 Å². The molecule has 0 spiro atoms. The number of non-ortho nitro benzene ring substituents is 1. The first-order valence-corrected chi connectivity index (χ1v) is 6.64. The van der Waals surface area contributed by atoms with Crippen molar-refractivity contribution >= 4 is 11.6 Å². The molecule has 0 heterocycles. The van der Waals surface area contributed by atoms with Gasteiger partial charge in [-0.1, -0.05) is 12.1 Å². The number of nitro benzene ring substituents is 1. The van der Waals surface area contributed by atoms with Crippen LogP contribution in [0.15, 0.2) is 42.5 Å². The molecule has 0 radical (unpaired) electrons. The lowest BCUT2D eigenvalue weighted by atomic mass is 9.97. The minimum Gasteiger partial charge on any atom is -0.392 e. The van der Waals surface area contributed by atoms with Crippen LogP contribution in [-0.4, -0.2) is 34.9 Å². The fourth-order valence-electron chi connectivity index (χ4n) is 2.16. The van der Waals surface area contributed by atoms with Gasteiger partial charge in [-0.25, -0.2) is 0 Å². The third-order valence-electron chi connectivity index (χ3n) is 3.30. The third-order valence-corrected chi connectivity index (χ3v) is 3.30. The van der Waals surface area contributed by atoms with E-state index in [4.69, 9.17) is 0 Å². The summed E-state index contributed by atoms with van der Waals surface area (Å²) in [7, 11) is 3.31. The van der Waals surface area contributed by atoms with Crippen molar-refractivity contribution in [1.82, 2.24) is 4.90 Å². The Hall–Kier alpha value is -2.73. The molecular weight excluding hydrogens is 284 g/mol. The molecule has 0 unspecified atom stereocenters. The summed E-state index contributed by atoms with van der Waals surface area (Å²) in [6.07, 6.45) is 0. The number of rotatable bonds is 4. The van der Waals surface area contributed by atoms with Crippen LogP contribution in [0.25, 0.3) is 11.1 Å². The zero-order chi connectivity index (χ0) is 16.3. The molecule has 1 N–H and O–H groups in total. The molecule has 1 amide bonds. The summed E-state index contributed by atoms with van der Waals surface area (Å²) in [5, 5.41) is 20.4. The van der Waals surface area contributed by atoms with Gasteiger partial charge in [0, 0.05) is 31.8 Å². The lowest BCUT2D eigenvalue weighted by molar-refractivity contribution is -0.384. The van der Waals surface area contributed by atoms with Crippen molar-refractivity contribution in [3.05, 3.63) is 63.7 Å². The van der Waals surface area contributed by atoms with Gasteiger partial charge >= 0.3 is 0 Å². The summed E-state index contributed by atoms with van der Waals surface area (Å²) in [6, 6.07) is 11.1. The largest absolute Gasteiger partial charge is 0.392 e. The Balaban J connectivity index is 2.56. The van der Waals surface area contributed by atoms with Crippen LogP contribution in [0.3, 0.4) is 0 Å². The van der Waals surface area contributed by atoms with Gasteiger partial charge in [0.05, 0.1) is 11.5 Å². The topological polar surface area (TPSA) is 83.7 Å². The molecule has 0 saturated carbocycles. The van der Waals surface area contributed by atoms with Gasteiger partial charge in [-0.15, -0.1) is 0 Å². The highest BCUT2D eigenvalue weighted by Gasteiger charge is 2.14. The summed E-state index contributed by atoms with van der Waals surface area (Å²) in [5.41, 5.74) is 2.19. The monoisotopic (exact) mass is 300 g/mol. The number of hydrogen-bond donors (Lipinski definition) is 1. The number of nitro groups is 1. The van der Waals surface area contributed by atoms with Crippen LogP contribution in [0, 0.1) is 10.1 Å². The van der Waals surface area contributed by atoms with Gasteiger partial charge in [0.15, 0.2) is 0 Å². The van der Waals surface area contributed by atoms with Crippen molar-refractivity contribution in [3.8, 4) is 11.1 Å². The van der Waals surface area contributed by atoms with E-state index in [-0.39, 0.29) is 18.2 Å². The smallest absolute Gasteiger partial charge is 0.270 e. The van der Waals surface area contributed by atoms with Crippen LogP contribution in [-0.2, 0) is 6.61 Å². The van der Waals surface area contributed by atoms with Crippen LogP contribution < -0.4 is 0 Å². The van der Waals surface area contributed by atoms with Crippen molar-refractivity contribution in [2.24, 2.45) is 0 Å². The standard InChI is InChI=1S/C16H16N2O4/c1-17(2)16(20)12-5-3-4-11(8-12)15-9-14(18(21)22)7-6-13(15)10-19/h3-9,19H,10H2,1-2H3. The molecule has 0 fully saturated rings. The molecule has 0 saturated heterocycles. The van der Waals surface area contributed by atoms with Crippen molar-refractivity contribution in [2.45, 2.75) is 6.61 Å².